The smallest absolute Gasteiger partial charge is 0.390 e. The molecule has 14 heteroatoms. The fraction of sp³-hybridized carbons (Fsp3) is 0.429. The van der Waals surface area contributed by atoms with Gasteiger partial charge in [0, 0.05) is 18.7 Å². The van der Waals surface area contributed by atoms with Gasteiger partial charge in [-0.3, -0.25) is 9.69 Å². The first kappa shape index (κ1) is 20.3. The summed E-state index contributed by atoms with van der Waals surface area (Å²) in [5.41, 5.74) is 7.33. The molecule has 28 heavy (non-hydrogen) atoms. The van der Waals surface area contributed by atoms with Gasteiger partial charge < -0.3 is 15.7 Å². The molecule has 2 aromatic rings. The van der Waals surface area contributed by atoms with E-state index < -0.39 is 18.1 Å². The third kappa shape index (κ3) is 3.74. The molecule has 152 valence electrons. The number of hydroxylamine groups is 2. The van der Waals surface area contributed by atoms with Crippen molar-refractivity contribution in [1.82, 2.24) is 24.6 Å². The van der Waals surface area contributed by atoms with Gasteiger partial charge in [0.25, 0.3) is 5.91 Å². The van der Waals surface area contributed by atoms with Crippen LogP contribution in [0, 0.1) is 0 Å². The Balaban J connectivity index is 1.76. The van der Waals surface area contributed by atoms with E-state index in [-0.39, 0.29) is 38.6 Å². The van der Waals surface area contributed by atoms with Gasteiger partial charge in [-0.2, -0.15) is 23.3 Å². The van der Waals surface area contributed by atoms with E-state index >= 15 is 0 Å². The lowest BCUT2D eigenvalue weighted by molar-refractivity contribution is -0.240. The number of nitrogens with two attached hydrogens (primary N) is 1. The molecule has 0 atom stereocenters. The van der Waals surface area contributed by atoms with E-state index in [1.54, 1.807) is 4.90 Å². The van der Waals surface area contributed by atoms with Crippen LogP contribution in [0.1, 0.15) is 11.3 Å². The minimum absolute atomic E-state index is 0.140. The van der Waals surface area contributed by atoms with Crippen LogP contribution < -0.4 is 5.73 Å². The summed E-state index contributed by atoms with van der Waals surface area (Å²) in [5, 5.41) is 14.2. The summed E-state index contributed by atoms with van der Waals surface area (Å²) in [4.78, 5) is 32.6. The molecule has 10 nitrogen and oxygen atoms in total. The van der Waals surface area contributed by atoms with Crippen LogP contribution in [0.3, 0.4) is 0 Å². The molecule has 3 rings (SSSR count). The van der Waals surface area contributed by atoms with Crippen molar-refractivity contribution in [3.63, 3.8) is 0 Å². The van der Waals surface area contributed by atoms with Gasteiger partial charge in [-0.15, -0.1) is 0 Å². The molecular weight excluding hydrogens is 453 g/mol. The van der Waals surface area contributed by atoms with Crippen molar-refractivity contribution >= 4 is 39.1 Å². The number of aliphatic hydroxyl groups excluding tert-OH is 1. The molecule has 0 saturated carbocycles. The topological polar surface area (TPSA) is 126 Å². The highest BCUT2D eigenvalue weighted by Crippen LogP contribution is 2.32. The Kier molecular flexibility index (Phi) is 5.45. The number of piperazine rings is 1. The maximum atomic E-state index is 12.3. The number of rotatable bonds is 4. The number of nitrogen functional groups attached to an aromatic ring is 1. The Morgan fingerprint density at radius 1 is 1.39 bits per heavy atom. The van der Waals surface area contributed by atoms with Crippen molar-refractivity contribution in [2.45, 2.75) is 19.3 Å². The number of carbonyl (C=O) groups excluding carboxylic acids is 2. The first-order valence-corrected chi connectivity index (χ1v) is 8.64. The van der Waals surface area contributed by atoms with Crippen LogP contribution in [0.15, 0.2) is 10.8 Å². The van der Waals surface area contributed by atoms with Crippen molar-refractivity contribution < 1.29 is 32.7 Å². The van der Waals surface area contributed by atoms with Gasteiger partial charge in [-0.05, 0) is 15.9 Å². The molecule has 0 unspecified atom stereocenters. The van der Waals surface area contributed by atoms with E-state index in [9.17, 15) is 27.9 Å². The molecule has 2 aromatic heterocycles. The Morgan fingerprint density at radius 2 is 2.11 bits per heavy atom. The standard InChI is InChI=1S/C14H14BrF3N6O4/c15-10-7(8(5-25)24-11(10)12(19)20-6-21-24)3-22-1-2-23(9(26)4-22)28-13(27)14(16,17)18/h6,25H,1-5H2,(H2,19,20,21). The van der Waals surface area contributed by atoms with Crippen LogP contribution >= 0.6 is 15.9 Å². The molecule has 1 fully saturated rings. The fourth-order valence-corrected chi connectivity index (χ4v) is 3.54. The quantitative estimate of drug-likeness (QED) is 0.655. The fourth-order valence-electron chi connectivity index (χ4n) is 2.81. The molecule has 0 bridgehead atoms. The van der Waals surface area contributed by atoms with Crippen LogP contribution in [0.4, 0.5) is 19.0 Å². The lowest BCUT2D eigenvalue weighted by atomic mass is 10.2. The normalized spacial score (nSPS) is 16.0. The third-order valence-electron chi connectivity index (χ3n) is 4.11. The summed E-state index contributed by atoms with van der Waals surface area (Å²) in [6, 6.07) is 0. The van der Waals surface area contributed by atoms with E-state index in [2.05, 4.69) is 30.9 Å². The van der Waals surface area contributed by atoms with Crippen molar-refractivity contribution in [2.24, 2.45) is 0 Å². The maximum Gasteiger partial charge on any atom is 0.493 e. The molecule has 3 N–H and O–H groups in total. The summed E-state index contributed by atoms with van der Waals surface area (Å²) in [5.74, 6) is -3.07. The molecule has 0 aliphatic carbocycles. The highest BCUT2D eigenvalue weighted by atomic mass is 79.9. The molecule has 1 aliphatic rings. The second-order valence-electron chi connectivity index (χ2n) is 5.89. The molecule has 3 heterocycles. The minimum atomic E-state index is -5.19. The van der Waals surface area contributed by atoms with E-state index in [0.717, 1.165) is 0 Å². The van der Waals surface area contributed by atoms with Crippen molar-refractivity contribution in [3.05, 3.63) is 22.1 Å². The number of hydrogen-bond donors (Lipinski definition) is 2. The van der Waals surface area contributed by atoms with Crippen LogP contribution in [-0.4, -0.2) is 67.4 Å². The molecule has 0 spiro atoms. The summed E-state index contributed by atoms with van der Waals surface area (Å²) in [6.07, 6.45) is -3.96. The lowest BCUT2D eigenvalue weighted by Gasteiger charge is -2.32. The van der Waals surface area contributed by atoms with Gasteiger partial charge in [0.15, 0.2) is 5.82 Å². The van der Waals surface area contributed by atoms with Gasteiger partial charge >= 0.3 is 12.1 Å². The minimum Gasteiger partial charge on any atom is -0.390 e. The van der Waals surface area contributed by atoms with E-state index in [1.165, 1.54) is 10.8 Å². The molecule has 1 amide bonds. The number of anilines is 1. The zero-order valence-electron chi connectivity index (χ0n) is 14.1. The second-order valence-corrected chi connectivity index (χ2v) is 6.68. The summed E-state index contributed by atoms with van der Waals surface area (Å²) in [6.45, 7) is -0.568. The first-order chi connectivity index (χ1) is 13.1. The number of hydrogen-bond acceptors (Lipinski definition) is 8. The maximum absolute atomic E-state index is 12.3. The number of carbonyl (C=O) groups is 2. The van der Waals surface area contributed by atoms with Gasteiger partial charge in [0.2, 0.25) is 0 Å². The Morgan fingerprint density at radius 3 is 2.71 bits per heavy atom. The Labute approximate surface area is 163 Å². The first-order valence-electron chi connectivity index (χ1n) is 7.84. The number of aliphatic hydroxyl groups is 1. The number of nitrogens with zero attached hydrogens (tertiary/aromatic N) is 5. The SMILES string of the molecule is Nc1ncnn2c(CO)c(CN3CCN(OC(=O)C(F)(F)F)C(=O)C3)c(Br)c12. The van der Waals surface area contributed by atoms with Crippen LogP contribution in [0.25, 0.3) is 5.52 Å². The highest BCUT2D eigenvalue weighted by Gasteiger charge is 2.44. The van der Waals surface area contributed by atoms with Gasteiger partial charge in [-0.1, -0.05) is 0 Å². The van der Waals surface area contributed by atoms with Gasteiger partial charge in [-0.25, -0.2) is 14.3 Å². The average molecular weight is 467 g/mol. The Bertz CT molecular complexity index is 934. The summed E-state index contributed by atoms with van der Waals surface area (Å²) < 4.78 is 38.8. The van der Waals surface area contributed by atoms with Gasteiger partial charge in [0.1, 0.15) is 11.8 Å². The number of amides is 1. The van der Waals surface area contributed by atoms with Crippen molar-refractivity contribution in [1.29, 1.82) is 0 Å². The van der Waals surface area contributed by atoms with Crippen molar-refractivity contribution in [2.75, 3.05) is 25.4 Å². The number of fused-ring (bicyclic) bond motifs is 1. The van der Waals surface area contributed by atoms with Crippen LogP contribution in [0.5, 0.6) is 0 Å². The predicted molar refractivity (Wildman–Crippen MR) is 90.2 cm³/mol. The zero-order chi connectivity index (χ0) is 20.6. The van der Waals surface area contributed by atoms with Gasteiger partial charge in [0.05, 0.1) is 29.9 Å². The molecule has 1 saturated heterocycles. The second kappa shape index (κ2) is 7.52. The summed E-state index contributed by atoms with van der Waals surface area (Å²) >= 11 is 3.39. The summed E-state index contributed by atoms with van der Waals surface area (Å²) in [7, 11) is 0. The molecule has 0 radical (unpaired) electrons. The van der Waals surface area contributed by atoms with E-state index in [1.807, 2.05) is 0 Å². The molecular formula is C14H14BrF3N6O4. The zero-order valence-corrected chi connectivity index (χ0v) is 15.7. The van der Waals surface area contributed by atoms with Crippen LogP contribution in [0.2, 0.25) is 0 Å². The number of halogens is 4. The third-order valence-corrected chi connectivity index (χ3v) is 4.96. The average Bonchev–Trinajstić information content (AvgIpc) is 2.89. The van der Waals surface area contributed by atoms with E-state index in [0.29, 0.717) is 26.3 Å². The largest absolute Gasteiger partial charge is 0.493 e. The number of alkyl halides is 3. The lowest BCUT2D eigenvalue weighted by Crippen LogP contribution is -2.51. The monoisotopic (exact) mass is 466 g/mol. The number of aromatic nitrogens is 3. The highest BCUT2D eigenvalue weighted by molar-refractivity contribution is 9.10. The molecule has 1 aliphatic heterocycles. The van der Waals surface area contributed by atoms with Crippen LogP contribution in [-0.2, 0) is 27.6 Å². The molecule has 0 aromatic carbocycles. The van der Waals surface area contributed by atoms with Crippen molar-refractivity contribution in [3.8, 4) is 0 Å². The van der Waals surface area contributed by atoms with E-state index in [4.69, 9.17) is 5.73 Å². The predicted octanol–water partition coefficient (Wildman–Crippen LogP) is 0.231. The Hall–Kier alpha value is -2.45.